The fourth-order valence-corrected chi connectivity index (χ4v) is 3.66. The lowest BCUT2D eigenvalue weighted by Gasteiger charge is -2.30. The molecule has 0 amide bonds. The van der Waals surface area contributed by atoms with Crippen LogP contribution in [-0.4, -0.2) is 46.2 Å². The van der Waals surface area contributed by atoms with Crippen LogP contribution < -0.4 is 0 Å². The van der Waals surface area contributed by atoms with Crippen LogP contribution in [0.5, 0.6) is 0 Å². The molecule has 0 spiro atoms. The second-order valence-electron chi connectivity index (χ2n) is 7.72. The van der Waals surface area contributed by atoms with Crippen LogP contribution in [0, 0.1) is 17.8 Å². The molecule has 0 atom stereocenters. The van der Waals surface area contributed by atoms with E-state index in [0.717, 1.165) is 36.8 Å². The summed E-state index contributed by atoms with van der Waals surface area (Å²) in [4.78, 5) is 10.5. The van der Waals surface area contributed by atoms with Crippen molar-refractivity contribution in [3.8, 4) is 0 Å². The normalized spacial score (nSPS) is 26.1. The van der Waals surface area contributed by atoms with E-state index in [1.54, 1.807) is 11.9 Å². The molecule has 2 fully saturated rings. The Morgan fingerprint density at radius 3 is 1.84 bits per heavy atom. The lowest BCUT2D eigenvalue weighted by Crippen LogP contribution is -2.28. The highest BCUT2D eigenvalue weighted by atomic mass is 127. The molecule has 0 aromatic rings. The third-order valence-electron chi connectivity index (χ3n) is 4.21. The first kappa shape index (κ1) is 27.1. The smallest absolute Gasteiger partial charge is 0.129 e. The van der Waals surface area contributed by atoms with E-state index in [1.165, 1.54) is 17.3 Å². The lowest BCUT2D eigenvalue weighted by molar-refractivity contribution is -0.117. The Bertz CT molecular complexity index is 370. The first-order valence-corrected chi connectivity index (χ1v) is 10.6. The summed E-state index contributed by atoms with van der Waals surface area (Å²) in [5.74, 6) is 3.01. The third kappa shape index (κ3) is 15.8. The molecule has 0 heterocycles. The average molecular weight is 468 g/mol. The predicted octanol–water partition coefficient (Wildman–Crippen LogP) is 5.17. The highest BCUT2D eigenvalue weighted by Crippen LogP contribution is 2.34. The van der Waals surface area contributed by atoms with Crippen molar-refractivity contribution in [3.63, 3.8) is 0 Å². The van der Waals surface area contributed by atoms with Crippen LogP contribution in [0.4, 0.5) is 0 Å². The van der Waals surface area contributed by atoms with E-state index in [0.29, 0.717) is 12.3 Å². The Balaban J connectivity index is 0. The monoisotopic (exact) mass is 468 g/mol. The molecule has 4 nitrogen and oxygen atoms in total. The van der Waals surface area contributed by atoms with Crippen molar-refractivity contribution >= 4 is 34.1 Å². The summed E-state index contributed by atoms with van der Waals surface area (Å²) in [5, 5.41) is 14.7. The second kappa shape index (κ2) is 14.9. The van der Waals surface area contributed by atoms with Crippen molar-refractivity contribution in [1.82, 2.24) is 5.01 Å². The maximum atomic E-state index is 10.5. The number of aliphatic hydroxyl groups excluding tert-OH is 1. The summed E-state index contributed by atoms with van der Waals surface area (Å²) in [7, 11) is 3.82. The van der Waals surface area contributed by atoms with Crippen LogP contribution in [0.1, 0.15) is 73.6 Å². The zero-order valence-electron chi connectivity index (χ0n) is 16.4. The Kier molecular flexibility index (Phi) is 16.2. The number of hydrogen-bond donors (Lipinski definition) is 1. The number of ketones is 1. The van der Waals surface area contributed by atoms with Crippen LogP contribution in [0.2, 0.25) is 0 Å². The Morgan fingerprint density at radius 2 is 1.64 bits per heavy atom. The van der Waals surface area contributed by atoms with E-state index < -0.39 is 0 Å². The van der Waals surface area contributed by atoms with Crippen molar-refractivity contribution < 1.29 is 9.90 Å². The minimum absolute atomic E-state index is 0. The van der Waals surface area contributed by atoms with Gasteiger partial charge in [-0.3, -0.25) is 0 Å². The Morgan fingerprint density at radius 1 is 1.12 bits per heavy atom. The molecule has 0 unspecified atom stereocenters. The van der Waals surface area contributed by atoms with Crippen LogP contribution >= 0.6 is 22.6 Å². The molecule has 0 radical (unpaired) electrons. The van der Waals surface area contributed by atoms with Gasteiger partial charge in [0.2, 0.25) is 0 Å². The number of Topliss-reactive ketones (excluding diaryl/α,β-unsaturated/α-hetero) is 1. The van der Waals surface area contributed by atoms with Crippen molar-refractivity contribution in [3.05, 3.63) is 0 Å². The number of carbonyl (C=O) groups excluding carboxylic acids is 1. The van der Waals surface area contributed by atoms with Crippen molar-refractivity contribution in [1.29, 1.82) is 0 Å². The fraction of sp³-hybridized carbons (Fsp3) is 0.900. The van der Waals surface area contributed by atoms with Crippen molar-refractivity contribution in [2.24, 2.45) is 22.9 Å². The number of hydrogen-bond acceptors (Lipinski definition) is 4. The first-order chi connectivity index (χ1) is 11.1. The number of alkyl halides is 1. The van der Waals surface area contributed by atoms with Gasteiger partial charge in [-0.25, -0.2) is 0 Å². The first-order valence-electron chi connectivity index (χ1n) is 9.06. The molecule has 2 aliphatic rings. The molecular formula is C20H41IN2O2. The SMILES string of the molecule is C.CC(=O)CCC1CC(O)C1.CC(C)=NN(C)C.CC1CC(CI)C1. The fourth-order valence-electron chi connectivity index (χ4n) is 2.94. The van der Waals surface area contributed by atoms with E-state index in [-0.39, 0.29) is 19.3 Å². The highest BCUT2D eigenvalue weighted by Gasteiger charge is 2.26. The van der Waals surface area contributed by atoms with Gasteiger partial charge in [0.15, 0.2) is 0 Å². The van der Waals surface area contributed by atoms with E-state index in [1.807, 2.05) is 27.9 Å². The van der Waals surface area contributed by atoms with Gasteiger partial charge in [0.1, 0.15) is 5.78 Å². The summed E-state index contributed by atoms with van der Waals surface area (Å²) in [6.07, 6.45) is 6.40. The number of carbonyl (C=O) groups is 1. The van der Waals surface area contributed by atoms with Gasteiger partial charge in [-0.2, -0.15) is 5.10 Å². The number of hydrazone groups is 1. The minimum atomic E-state index is -0.0723. The number of halogens is 1. The van der Waals surface area contributed by atoms with Crippen molar-refractivity contribution in [2.75, 3.05) is 18.5 Å². The quantitative estimate of drug-likeness (QED) is 0.262. The van der Waals surface area contributed by atoms with E-state index in [9.17, 15) is 4.79 Å². The number of aliphatic hydroxyl groups is 1. The standard InChI is InChI=1S/C8H14O2.C6H11I.C5H12N2.CH4/c1-6(9)2-3-7-4-8(10)5-7;1-5-2-6(3-5)4-7;1-5(2)6-7(3)4;/h7-8,10H,2-5H2,1H3;5-6H,2-4H2,1H3;1-4H3;1H4. The van der Waals surface area contributed by atoms with Gasteiger partial charge in [0.05, 0.1) is 6.10 Å². The van der Waals surface area contributed by atoms with Crippen LogP contribution in [0.25, 0.3) is 0 Å². The largest absolute Gasteiger partial charge is 0.393 e. The maximum Gasteiger partial charge on any atom is 0.129 e. The molecule has 0 saturated heterocycles. The Hall–Kier alpha value is -0.170. The highest BCUT2D eigenvalue weighted by molar-refractivity contribution is 14.1. The lowest BCUT2D eigenvalue weighted by atomic mass is 9.78. The van der Waals surface area contributed by atoms with Gasteiger partial charge >= 0.3 is 0 Å². The molecule has 150 valence electrons. The molecule has 25 heavy (non-hydrogen) atoms. The summed E-state index contributed by atoms with van der Waals surface area (Å²) >= 11 is 2.47. The maximum absolute atomic E-state index is 10.5. The van der Waals surface area contributed by atoms with Gasteiger partial charge in [0, 0.05) is 30.7 Å². The zero-order chi connectivity index (χ0) is 18.7. The van der Waals surface area contributed by atoms with E-state index >= 15 is 0 Å². The molecule has 2 saturated carbocycles. The molecule has 2 aliphatic carbocycles. The van der Waals surface area contributed by atoms with Gasteiger partial charge in [-0.05, 0) is 70.6 Å². The summed E-state index contributed by atoms with van der Waals surface area (Å²) in [5.41, 5.74) is 1.09. The van der Waals surface area contributed by atoms with Crippen molar-refractivity contribution in [2.45, 2.75) is 79.8 Å². The van der Waals surface area contributed by atoms with Gasteiger partial charge in [-0.15, -0.1) is 0 Å². The summed E-state index contributed by atoms with van der Waals surface area (Å²) in [6, 6.07) is 0. The molecular weight excluding hydrogens is 427 g/mol. The van der Waals surface area contributed by atoms with E-state index in [2.05, 4.69) is 34.6 Å². The van der Waals surface area contributed by atoms with Crippen LogP contribution in [0.15, 0.2) is 5.10 Å². The summed E-state index contributed by atoms with van der Waals surface area (Å²) < 4.78 is 1.38. The minimum Gasteiger partial charge on any atom is -0.393 e. The number of rotatable bonds is 5. The Labute approximate surface area is 170 Å². The molecule has 5 heteroatoms. The molecule has 0 aromatic carbocycles. The summed E-state index contributed by atoms with van der Waals surface area (Å²) in [6.45, 7) is 7.90. The molecule has 0 bridgehead atoms. The van der Waals surface area contributed by atoms with Gasteiger partial charge in [0.25, 0.3) is 0 Å². The van der Waals surface area contributed by atoms with Crippen LogP contribution in [-0.2, 0) is 4.79 Å². The molecule has 1 N–H and O–H groups in total. The predicted molar refractivity (Wildman–Crippen MR) is 119 cm³/mol. The molecule has 2 rings (SSSR count). The third-order valence-corrected chi connectivity index (χ3v) is 5.45. The van der Waals surface area contributed by atoms with Crippen LogP contribution in [0.3, 0.4) is 0 Å². The topological polar surface area (TPSA) is 52.9 Å². The zero-order valence-corrected chi connectivity index (χ0v) is 18.5. The van der Waals surface area contributed by atoms with E-state index in [4.69, 9.17) is 5.11 Å². The molecule has 0 aromatic heterocycles. The molecule has 0 aliphatic heterocycles. The second-order valence-corrected chi connectivity index (χ2v) is 8.60. The number of nitrogens with zero attached hydrogens (tertiary/aromatic N) is 2. The average Bonchev–Trinajstić information content (AvgIpc) is 2.38. The van der Waals surface area contributed by atoms with Gasteiger partial charge in [-0.1, -0.05) is 36.9 Å². The van der Waals surface area contributed by atoms with Gasteiger partial charge < -0.3 is 14.9 Å².